The van der Waals surface area contributed by atoms with E-state index in [4.69, 9.17) is 19.6 Å². The lowest BCUT2D eigenvalue weighted by atomic mass is 9.82. The van der Waals surface area contributed by atoms with Crippen LogP contribution in [0.2, 0.25) is 0 Å². The maximum Gasteiger partial charge on any atom is 0.266 e. The first-order valence-corrected chi connectivity index (χ1v) is 16.3. The second kappa shape index (κ2) is 14.3. The predicted molar refractivity (Wildman–Crippen MR) is 173 cm³/mol. The molecule has 10 heteroatoms. The lowest BCUT2D eigenvalue weighted by molar-refractivity contribution is -0.130. The van der Waals surface area contributed by atoms with Gasteiger partial charge in [0.2, 0.25) is 5.90 Å². The number of carbonyl (C=O) groups is 1. The summed E-state index contributed by atoms with van der Waals surface area (Å²) in [5.74, 6) is 0.666. The number of hydrogen-bond acceptors (Lipinski definition) is 7. The second-order valence-corrected chi connectivity index (χ2v) is 13.0. The van der Waals surface area contributed by atoms with Crippen LogP contribution in [0.5, 0.6) is 5.75 Å². The average molecular weight is 715 g/mol. The number of carbonyl (C=O) groups excluding carboxylic acids is 1. The summed E-state index contributed by atoms with van der Waals surface area (Å²) in [5.41, 5.74) is 6.14. The molecule has 3 aromatic carbocycles. The number of benzene rings is 3. The van der Waals surface area contributed by atoms with Crippen molar-refractivity contribution in [3.8, 4) is 5.75 Å². The van der Waals surface area contributed by atoms with Gasteiger partial charge < -0.3 is 19.7 Å². The van der Waals surface area contributed by atoms with Crippen LogP contribution in [0.1, 0.15) is 61.3 Å². The van der Waals surface area contributed by atoms with Crippen molar-refractivity contribution in [2.75, 3.05) is 19.8 Å². The Bertz CT molecular complexity index is 1410. The van der Waals surface area contributed by atoms with Crippen molar-refractivity contribution in [2.24, 2.45) is 4.99 Å². The summed E-state index contributed by atoms with van der Waals surface area (Å²) < 4.78 is 14.1. The monoisotopic (exact) mass is 713 g/mol. The van der Waals surface area contributed by atoms with Crippen LogP contribution in [-0.4, -0.2) is 52.9 Å². The van der Waals surface area contributed by atoms with Crippen molar-refractivity contribution in [3.05, 3.63) is 98.4 Å². The van der Waals surface area contributed by atoms with Gasteiger partial charge in [0, 0.05) is 40.5 Å². The van der Waals surface area contributed by atoms with Crippen LogP contribution < -0.4 is 15.6 Å². The van der Waals surface area contributed by atoms with Gasteiger partial charge in [-0.15, -0.1) is 0 Å². The Balaban J connectivity index is 1.50. The number of nitrogens with zero attached hydrogens (tertiary/aromatic N) is 1. The van der Waals surface area contributed by atoms with Gasteiger partial charge in [0.05, 0.1) is 12.2 Å². The quantitative estimate of drug-likeness (QED) is 0.140. The van der Waals surface area contributed by atoms with E-state index in [0.717, 1.165) is 39.3 Å². The highest BCUT2D eigenvalue weighted by Gasteiger charge is 2.53. The van der Waals surface area contributed by atoms with Gasteiger partial charge in [-0.2, -0.15) is 0 Å². The molecule has 0 saturated heterocycles. The highest BCUT2D eigenvalue weighted by Crippen LogP contribution is 2.43. The van der Waals surface area contributed by atoms with Crippen LogP contribution >= 0.6 is 31.9 Å². The largest absolute Gasteiger partial charge is 0.494 e. The zero-order valence-electron chi connectivity index (χ0n) is 23.9. The van der Waals surface area contributed by atoms with Gasteiger partial charge in [-0.05, 0) is 66.4 Å². The molecule has 4 N–H and O–H groups in total. The molecule has 1 amide bonds. The smallest absolute Gasteiger partial charge is 0.266 e. The summed E-state index contributed by atoms with van der Waals surface area (Å²) in [6.45, 7) is 0.730. The SMILES string of the molecule is O=C(NNCC1(O)CCCCC1)[C@@]1(Cc2ccccc2Br)N=C(c2ccc(OCCCO)cc2)O[C@H]1c1ccc(Br)cc1. The van der Waals surface area contributed by atoms with Crippen molar-refractivity contribution >= 4 is 43.7 Å². The topological polar surface area (TPSA) is 112 Å². The van der Waals surface area contributed by atoms with Crippen molar-refractivity contribution < 1.29 is 24.5 Å². The van der Waals surface area contributed by atoms with E-state index in [2.05, 4.69) is 42.7 Å². The Morgan fingerprint density at radius 1 is 1.00 bits per heavy atom. The van der Waals surface area contributed by atoms with Gasteiger partial charge in [0.15, 0.2) is 11.6 Å². The van der Waals surface area contributed by atoms with Crippen molar-refractivity contribution in [3.63, 3.8) is 0 Å². The Morgan fingerprint density at radius 2 is 1.72 bits per heavy atom. The first kappa shape index (κ1) is 31.7. The van der Waals surface area contributed by atoms with Crippen molar-refractivity contribution in [1.82, 2.24) is 10.9 Å². The van der Waals surface area contributed by atoms with Crippen LogP contribution in [0.4, 0.5) is 0 Å². The molecule has 2 aliphatic rings. The van der Waals surface area contributed by atoms with Crippen LogP contribution in [0, 0.1) is 0 Å². The summed E-state index contributed by atoms with van der Waals surface area (Å²) in [6.07, 6.45) is 4.53. The summed E-state index contributed by atoms with van der Waals surface area (Å²) >= 11 is 7.18. The number of aliphatic hydroxyl groups excluding tert-OH is 1. The van der Waals surface area contributed by atoms with E-state index in [1.165, 1.54) is 0 Å². The second-order valence-electron chi connectivity index (χ2n) is 11.2. The minimum Gasteiger partial charge on any atom is -0.494 e. The lowest BCUT2D eigenvalue weighted by Crippen LogP contribution is -2.56. The number of aliphatic imine (C=N–C) groups is 1. The molecular weight excluding hydrogens is 678 g/mol. The van der Waals surface area contributed by atoms with E-state index in [9.17, 15) is 9.90 Å². The number of amides is 1. The number of nitrogens with one attached hydrogen (secondary N) is 2. The highest BCUT2D eigenvalue weighted by atomic mass is 79.9. The third-order valence-corrected chi connectivity index (χ3v) is 9.33. The van der Waals surface area contributed by atoms with E-state index >= 15 is 0 Å². The summed E-state index contributed by atoms with van der Waals surface area (Å²) in [4.78, 5) is 19.4. The number of aliphatic hydroxyl groups is 2. The Kier molecular flexibility index (Phi) is 10.6. The molecule has 2 atom stereocenters. The first-order chi connectivity index (χ1) is 20.8. The van der Waals surface area contributed by atoms with Crippen molar-refractivity contribution in [1.29, 1.82) is 0 Å². The molecule has 0 bridgehead atoms. The van der Waals surface area contributed by atoms with E-state index in [1.54, 1.807) is 0 Å². The van der Waals surface area contributed by atoms with Crippen molar-refractivity contribution in [2.45, 2.75) is 62.2 Å². The van der Waals surface area contributed by atoms with E-state index in [0.29, 0.717) is 43.1 Å². The number of rotatable bonds is 12. The summed E-state index contributed by atoms with van der Waals surface area (Å²) in [6, 6.07) is 22.9. The molecule has 43 heavy (non-hydrogen) atoms. The van der Waals surface area contributed by atoms with Gasteiger partial charge in [0.25, 0.3) is 5.91 Å². The number of ether oxygens (including phenoxy) is 2. The molecule has 0 unspecified atom stereocenters. The fraction of sp³-hybridized carbons (Fsp3) is 0.394. The zero-order chi connectivity index (χ0) is 30.3. The average Bonchev–Trinajstić information content (AvgIpc) is 3.40. The minimum atomic E-state index is -1.37. The predicted octanol–water partition coefficient (Wildman–Crippen LogP) is 5.79. The molecule has 1 aliphatic heterocycles. The molecule has 1 fully saturated rings. The standard InChI is InChI=1S/C33H37Br2N3O5/c34-26-13-9-23(10-14-26)29-33(21-25-7-2-3-8-28(25)35,31(40)38-36-22-32(41)17-4-1-5-18-32)37-30(43-29)24-11-15-27(16-12-24)42-20-6-19-39/h2-3,7-16,29,36,39,41H,1,4-6,17-22H2,(H,38,40)/t29-,33-/m0/s1. The highest BCUT2D eigenvalue weighted by molar-refractivity contribution is 9.10. The van der Waals surface area contributed by atoms with Gasteiger partial charge in [0.1, 0.15) is 5.75 Å². The molecule has 1 aliphatic carbocycles. The Morgan fingerprint density at radius 3 is 2.42 bits per heavy atom. The molecule has 1 heterocycles. The molecular formula is C33H37Br2N3O5. The Hall–Kier alpha value is -2.76. The molecule has 5 rings (SSSR count). The Labute approximate surface area is 269 Å². The molecule has 8 nitrogen and oxygen atoms in total. The molecule has 0 radical (unpaired) electrons. The number of hydrogen-bond donors (Lipinski definition) is 4. The zero-order valence-corrected chi connectivity index (χ0v) is 27.1. The van der Waals surface area contributed by atoms with Gasteiger partial charge in [-0.25, -0.2) is 10.4 Å². The van der Waals surface area contributed by atoms with E-state index < -0.39 is 17.2 Å². The summed E-state index contributed by atoms with van der Waals surface area (Å²) in [5, 5.41) is 20.1. The molecule has 0 spiro atoms. The third kappa shape index (κ3) is 7.67. The number of hydrazine groups is 1. The minimum absolute atomic E-state index is 0.0655. The van der Waals surface area contributed by atoms with Crippen LogP contribution in [-0.2, 0) is 16.0 Å². The third-order valence-electron chi connectivity index (χ3n) is 8.02. The van der Waals surface area contributed by atoms with Gasteiger partial charge in [-0.1, -0.05) is 81.5 Å². The van der Waals surface area contributed by atoms with Crippen LogP contribution in [0.15, 0.2) is 86.7 Å². The fourth-order valence-electron chi connectivity index (χ4n) is 5.64. The maximum atomic E-state index is 14.4. The fourth-order valence-corrected chi connectivity index (χ4v) is 6.33. The molecule has 3 aromatic rings. The molecule has 1 saturated carbocycles. The number of halogens is 2. The normalized spacial score (nSPS) is 21.1. The maximum absolute atomic E-state index is 14.4. The van der Waals surface area contributed by atoms with Gasteiger partial charge >= 0.3 is 0 Å². The van der Waals surface area contributed by atoms with Gasteiger partial charge in [-0.3, -0.25) is 10.2 Å². The molecule has 0 aromatic heterocycles. The van der Waals surface area contributed by atoms with E-state index in [1.807, 2.05) is 72.8 Å². The van der Waals surface area contributed by atoms with Crippen LogP contribution in [0.3, 0.4) is 0 Å². The first-order valence-electron chi connectivity index (χ1n) is 14.7. The van der Waals surface area contributed by atoms with Crippen LogP contribution in [0.25, 0.3) is 0 Å². The molecule has 228 valence electrons. The summed E-state index contributed by atoms with van der Waals surface area (Å²) in [7, 11) is 0. The van der Waals surface area contributed by atoms with E-state index in [-0.39, 0.29) is 25.5 Å². The lowest BCUT2D eigenvalue weighted by Gasteiger charge is -2.34.